The number of hydrogen-bond donors (Lipinski definition) is 1. The molecule has 139 valence electrons. The monoisotopic (exact) mass is 401 g/mol. The van der Waals surface area contributed by atoms with Crippen LogP contribution in [0.3, 0.4) is 0 Å². The van der Waals surface area contributed by atoms with Gasteiger partial charge in [-0.25, -0.2) is 4.79 Å². The van der Waals surface area contributed by atoms with Crippen molar-refractivity contribution in [3.63, 3.8) is 0 Å². The second-order valence-corrected chi connectivity index (χ2v) is 6.61. The smallest absolute Gasteiger partial charge is 0.430 e. The van der Waals surface area contributed by atoms with E-state index in [9.17, 15) is 18.0 Å². The predicted molar refractivity (Wildman–Crippen MR) is 93.0 cm³/mol. The molecule has 26 heavy (non-hydrogen) atoms. The van der Waals surface area contributed by atoms with Crippen LogP contribution in [-0.2, 0) is 4.79 Å². The Balaban J connectivity index is 0.00000338. The third-order valence-electron chi connectivity index (χ3n) is 3.76. The van der Waals surface area contributed by atoms with E-state index in [1.54, 1.807) is 0 Å². The quantitative estimate of drug-likeness (QED) is 0.739. The van der Waals surface area contributed by atoms with Crippen LogP contribution in [0.15, 0.2) is 11.6 Å². The Labute approximate surface area is 176 Å². The van der Waals surface area contributed by atoms with Gasteiger partial charge in [0.2, 0.25) is 6.10 Å². The Kier molecular flexibility index (Phi) is 7.89. The molecule has 0 saturated carbocycles. The molecule has 1 radical (unpaired) electrons. The Morgan fingerprint density at radius 2 is 2.04 bits per heavy atom. The summed E-state index contributed by atoms with van der Waals surface area (Å²) in [7, 11) is 0. The predicted octanol–water partition coefficient (Wildman–Crippen LogP) is 4.48. The summed E-state index contributed by atoms with van der Waals surface area (Å²) < 4.78 is 50.1. The third kappa shape index (κ3) is 5.09. The van der Waals surface area contributed by atoms with E-state index in [1.807, 2.05) is 13.8 Å². The first-order valence-corrected chi connectivity index (χ1v) is 8.04. The molecule has 9 heteroatoms. The summed E-state index contributed by atoms with van der Waals surface area (Å²) in [4.78, 5) is 11.2. The van der Waals surface area contributed by atoms with Crippen LogP contribution in [0.4, 0.5) is 13.2 Å². The zero-order valence-corrected chi connectivity index (χ0v) is 17.7. The number of carboxylic acid groups (broad SMARTS) is 1. The van der Waals surface area contributed by atoms with Gasteiger partial charge in [-0.05, 0) is 31.4 Å². The first-order chi connectivity index (χ1) is 11.5. The van der Waals surface area contributed by atoms with Crippen molar-refractivity contribution in [1.82, 2.24) is 0 Å². The fraction of sp³-hybridized carbons (Fsp3) is 0.471. The molecule has 2 rings (SSSR count). The van der Waals surface area contributed by atoms with E-state index in [1.165, 1.54) is 13.0 Å². The van der Waals surface area contributed by atoms with E-state index in [4.69, 9.17) is 26.2 Å². The fourth-order valence-electron chi connectivity index (χ4n) is 2.45. The van der Waals surface area contributed by atoms with Crippen LogP contribution in [0.25, 0.3) is 6.08 Å². The van der Waals surface area contributed by atoms with Crippen LogP contribution < -0.4 is 9.47 Å². The average molecular weight is 402 g/mol. The van der Waals surface area contributed by atoms with Gasteiger partial charge in [0.05, 0.1) is 17.2 Å². The van der Waals surface area contributed by atoms with Crippen molar-refractivity contribution in [2.45, 2.75) is 39.5 Å². The number of benzene rings is 1. The van der Waals surface area contributed by atoms with Crippen molar-refractivity contribution in [2.24, 2.45) is 5.92 Å². The van der Waals surface area contributed by atoms with Gasteiger partial charge in [-0.2, -0.15) is 13.2 Å². The molecule has 0 saturated heterocycles. The summed E-state index contributed by atoms with van der Waals surface area (Å²) in [5.74, 6) is -1.13. The normalized spacial score (nSPS) is 16.3. The number of fused-ring (bicyclic) bond motifs is 1. The number of rotatable bonds is 5. The molecule has 1 heterocycles. The van der Waals surface area contributed by atoms with Crippen molar-refractivity contribution in [1.29, 1.82) is 0 Å². The van der Waals surface area contributed by atoms with Gasteiger partial charge < -0.3 is 14.6 Å². The maximum absolute atomic E-state index is 13.2. The van der Waals surface area contributed by atoms with Crippen molar-refractivity contribution in [2.75, 3.05) is 6.61 Å². The van der Waals surface area contributed by atoms with E-state index in [-0.39, 0.29) is 51.6 Å². The summed E-state index contributed by atoms with van der Waals surface area (Å²) in [5, 5.41) is 9.24. The minimum Gasteiger partial charge on any atom is -0.492 e. The minimum atomic E-state index is -4.85. The van der Waals surface area contributed by atoms with Crippen molar-refractivity contribution < 1.29 is 32.5 Å². The molecule has 1 aliphatic heterocycles. The number of carboxylic acids is 1. The fourth-order valence-corrected chi connectivity index (χ4v) is 2.76. The first-order valence-electron chi connectivity index (χ1n) is 7.66. The second kappa shape index (κ2) is 8.87. The number of aliphatic carboxylic acids is 1. The Morgan fingerprint density at radius 3 is 2.54 bits per heavy atom. The second-order valence-electron chi connectivity index (χ2n) is 6.21. The molecule has 0 unspecified atom stereocenters. The summed E-state index contributed by atoms with van der Waals surface area (Å²) in [6.45, 7) is 5.91. The Morgan fingerprint density at radius 1 is 1.42 bits per heavy atom. The zero-order chi connectivity index (χ0) is 18.9. The maximum atomic E-state index is 13.2. The summed E-state index contributed by atoms with van der Waals surface area (Å²) >= 11 is 6.16. The van der Waals surface area contributed by atoms with E-state index in [2.05, 4.69) is 0 Å². The summed E-state index contributed by atoms with van der Waals surface area (Å²) in [6, 6.07) is 1.35. The first kappa shape index (κ1) is 23.1. The average Bonchev–Trinajstić information content (AvgIpc) is 2.48. The van der Waals surface area contributed by atoms with Gasteiger partial charge in [0.1, 0.15) is 11.5 Å². The minimum absolute atomic E-state index is 0. The summed E-state index contributed by atoms with van der Waals surface area (Å²) in [5.41, 5.74) is -0.401. The van der Waals surface area contributed by atoms with Crippen molar-refractivity contribution in [3.8, 4) is 11.5 Å². The van der Waals surface area contributed by atoms with Gasteiger partial charge in [-0.1, -0.05) is 25.4 Å². The number of carbonyl (C=O) groups is 1. The van der Waals surface area contributed by atoms with E-state index in [0.29, 0.717) is 18.1 Å². The molecule has 1 N–H and O–H groups in total. The third-order valence-corrected chi connectivity index (χ3v) is 4.04. The van der Waals surface area contributed by atoms with Crippen molar-refractivity contribution in [3.05, 3.63) is 27.8 Å². The largest absolute Gasteiger partial charge is 0.492 e. The van der Waals surface area contributed by atoms with Crippen LogP contribution >= 0.6 is 11.6 Å². The summed E-state index contributed by atoms with van der Waals surface area (Å²) in [6.07, 6.45) is -5.70. The van der Waals surface area contributed by atoms with Gasteiger partial charge in [0, 0.05) is 40.7 Å². The molecule has 4 nitrogen and oxygen atoms in total. The van der Waals surface area contributed by atoms with Gasteiger partial charge in [0.25, 0.3) is 0 Å². The molecule has 0 aliphatic carbocycles. The molecule has 1 aliphatic rings. The Bertz CT molecular complexity index is 717. The van der Waals surface area contributed by atoms with Gasteiger partial charge in [0.15, 0.2) is 0 Å². The SMILES string of the molecule is Cc1c(OCCC(C)C)c(Cl)cc2c1O[C@H](C(F)(F)F)C(C(=O)O)=C2.[Na]. The standard InChI is InChI=1S/C17H18ClF3O4.Na/c1-8(2)4-5-24-14-9(3)13-10(7-12(14)18)6-11(16(22)23)15(25-13)17(19,20)21;/h6-8,15H,4-5H2,1-3H3,(H,22,23);/t15-;/m0./s1. The van der Waals surface area contributed by atoms with E-state index < -0.39 is 23.8 Å². The number of hydrogen-bond acceptors (Lipinski definition) is 3. The molecule has 1 atom stereocenters. The number of halogens is 4. The zero-order valence-electron chi connectivity index (χ0n) is 14.9. The molecule has 1 aromatic rings. The molecule has 0 aromatic heterocycles. The van der Waals surface area contributed by atoms with Gasteiger partial charge in [-0.15, -0.1) is 0 Å². The molecule has 0 bridgehead atoms. The van der Waals surface area contributed by atoms with Crippen LogP contribution in [0.2, 0.25) is 5.02 Å². The van der Waals surface area contributed by atoms with E-state index >= 15 is 0 Å². The topological polar surface area (TPSA) is 55.8 Å². The van der Waals surface area contributed by atoms with E-state index in [0.717, 1.165) is 12.5 Å². The van der Waals surface area contributed by atoms with Crippen molar-refractivity contribution >= 4 is 53.2 Å². The molecule has 0 spiro atoms. The molecular formula is C17H18ClF3NaO4. The molecule has 0 fully saturated rings. The van der Waals surface area contributed by atoms with Gasteiger partial charge >= 0.3 is 12.1 Å². The van der Waals surface area contributed by atoms with Crippen LogP contribution in [0.1, 0.15) is 31.4 Å². The Hall–Kier alpha value is -0.890. The molecular weight excluding hydrogens is 384 g/mol. The molecule has 0 amide bonds. The number of alkyl halides is 3. The van der Waals surface area contributed by atoms with Crippen LogP contribution in [0.5, 0.6) is 11.5 Å². The molecule has 1 aromatic carbocycles. The van der Waals surface area contributed by atoms with Gasteiger partial charge in [-0.3, -0.25) is 0 Å². The maximum Gasteiger partial charge on any atom is 0.430 e. The van der Waals surface area contributed by atoms with Crippen LogP contribution in [-0.4, -0.2) is 59.5 Å². The van der Waals surface area contributed by atoms with Crippen LogP contribution in [0, 0.1) is 12.8 Å². The number of ether oxygens (including phenoxy) is 2.